The molecule has 0 saturated heterocycles. The monoisotopic (exact) mass is 429 g/mol. The number of hydrogen-bond donors (Lipinski definition) is 1. The van der Waals surface area contributed by atoms with Crippen molar-refractivity contribution < 1.29 is 4.79 Å². The Morgan fingerprint density at radius 1 is 1.16 bits per heavy atom. The van der Waals surface area contributed by atoms with Gasteiger partial charge in [0.05, 0.1) is 0 Å². The van der Waals surface area contributed by atoms with Crippen molar-refractivity contribution in [1.29, 1.82) is 0 Å². The Balaban J connectivity index is 2.06. The van der Waals surface area contributed by atoms with Crippen LogP contribution < -0.4 is 5.32 Å². The number of amides is 1. The summed E-state index contributed by atoms with van der Waals surface area (Å²) >= 11 is 5.61. The van der Waals surface area contributed by atoms with Gasteiger partial charge in [-0.15, -0.1) is 0 Å². The van der Waals surface area contributed by atoms with E-state index in [1.54, 1.807) is 0 Å². The number of benzene rings is 2. The van der Waals surface area contributed by atoms with Crippen LogP contribution in [-0.2, 0) is 6.42 Å². The molecule has 2 rings (SSSR count). The highest BCUT2D eigenvalue weighted by Crippen LogP contribution is 2.13. The molecule has 2 aromatic rings. The quantitative estimate of drug-likeness (QED) is 0.563. The molecule has 19 heavy (non-hydrogen) atoms. The second kappa shape index (κ2) is 7.05. The lowest BCUT2D eigenvalue weighted by Crippen LogP contribution is -2.11. The summed E-state index contributed by atoms with van der Waals surface area (Å²) in [5, 5.41) is 3.85. The van der Waals surface area contributed by atoms with Crippen LogP contribution in [0.4, 0.5) is 5.69 Å². The van der Waals surface area contributed by atoms with Crippen molar-refractivity contribution >= 4 is 50.1 Å². The van der Waals surface area contributed by atoms with E-state index < -0.39 is 0 Å². The van der Waals surface area contributed by atoms with Gasteiger partial charge in [0.25, 0.3) is 5.91 Å². The third-order valence-electron chi connectivity index (χ3n) is 2.68. The summed E-state index contributed by atoms with van der Waals surface area (Å²) in [7, 11) is 0. The molecule has 4 heteroatoms. The second-order valence-electron chi connectivity index (χ2n) is 4.10. The van der Waals surface area contributed by atoms with E-state index in [2.05, 4.69) is 43.8 Å². The summed E-state index contributed by atoms with van der Waals surface area (Å²) in [4.78, 5) is 12.1. The summed E-state index contributed by atoms with van der Waals surface area (Å²) in [6, 6.07) is 15.5. The highest BCUT2D eigenvalue weighted by atomic mass is 127. The van der Waals surface area contributed by atoms with Crippen LogP contribution in [0.5, 0.6) is 0 Å². The van der Waals surface area contributed by atoms with Gasteiger partial charge < -0.3 is 5.32 Å². The second-order valence-corrected chi connectivity index (χ2v) is 6.14. The molecule has 1 N–H and O–H groups in total. The molecule has 0 aliphatic heterocycles. The van der Waals surface area contributed by atoms with Crippen molar-refractivity contribution in [3.8, 4) is 0 Å². The van der Waals surface area contributed by atoms with Crippen LogP contribution in [0.1, 0.15) is 15.9 Å². The number of halogens is 2. The van der Waals surface area contributed by atoms with Gasteiger partial charge in [-0.25, -0.2) is 0 Å². The number of carbonyl (C=O) groups is 1. The minimum Gasteiger partial charge on any atom is -0.322 e. The fourth-order valence-corrected chi connectivity index (χ4v) is 2.70. The molecule has 0 radical (unpaired) electrons. The van der Waals surface area contributed by atoms with E-state index in [1.165, 1.54) is 5.56 Å². The molecule has 2 nitrogen and oxygen atoms in total. The first-order valence-corrected chi connectivity index (χ1v) is 8.11. The normalized spacial score (nSPS) is 10.2. The number of anilines is 1. The maximum atomic E-state index is 12.1. The van der Waals surface area contributed by atoms with E-state index in [0.29, 0.717) is 5.56 Å². The lowest BCUT2D eigenvalue weighted by molar-refractivity contribution is 0.102. The Morgan fingerprint density at radius 3 is 2.53 bits per heavy atom. The molecule has 0 atom stereocenters. The van der Waals surface area contributed by atoms with E-state index in [1.807, 2.05) is 48.5 Å². The van der Waals surface area contributed by atoms with Crippen molar-refractivity contribution in [2.45, 2.75) is 6.42 Å². The SMILES string of the molecule is O=C(Nc1ccc(CCBr)cc1)c1cccc(I)c1. The molecule has 0 aliphatic rings. The minimum atomic E-state index is -0.0771. The van der Waals surface area contributed by atoms with Gasteiger partial charge in [-0.3, -0.25) is 4.79 Å². The molecule has 0 aliphatic carbocycles. The predicted octanol–water partition coefficient (Wildman–Crippen LogP) is 4.48. The number of aryl methyl sites for hydroxylation is 1. The van der Waals surface area contributed by atoms with Crippen LogP contribution in [0.25, 0.3) is 0 Å². The van der Waals surface area contributed by atoms with Crippen LogP contribution in [-0.4, -0.2) is 11.2 Å². The molecule has 0 heterocycles. The molecule has 98 valence electrons. The molecule has 0 unspecified atom stereocenters. The lowest BCUT2D eigenvalue weighted by Gasteiger charge is -2.06. The molecule has 2 aromatic carbocycles. The standard InChI is InChI=1S/C15H13BrINO/c16-9-8-11-4-6-14(7-5-11)18-15(19)12-2-1-3-13(17)10-12/h1-7,10H,8-9H2,(H,18,19). The van der Waals surface area contributed by atoms with Crippen LogP contribution in [0.15, 0.2) is 48.5 Å². The van der Waals surface area contributed by atoms with Crippen molar-refractivity contribution in [1.82, 2.24) is 0 Å². The Kier molecular flexibility index (Phi) is 5.39. The molecule has 0 aromatic heterocycles. The van der Waals surface area contributed by atoms with Gasteiger partial charge >= 0.3 is 0 Å². The molecular formula is C15H13BrINO. The average Bonchev–Trinajstić information content (AvgIpc) is 2.41. The zero-order valence-electron chi connectivity index (χ0n) is 10.2. The van der Waals surface area contributed by atoms with Crippen molar-refractivity contribution in [3.63, 3.8) is 0 Å². The predicted molar refractivity (Wildman–Crippen MR) is 91.1 cm³/mol. The summed E-state index contributed by atoms with van der Waals surface area (Å²) in [6.07, 6.45) is 0.991. The third-order valence-corrected chi connectivity index (χ3v) is 3.75. The Bertz CT molecular complexity index is 569. The smallest absolute Gasteiger partial charge is 0.255 e. The van der Waals surface area contributed by atoms with E-state index in [0.717, 1.165) is 21.0 Å². The maximum Gasteiger partial charge on any atom is 0.255 e. The molecule has 0 bridgehead atoms. The van der Waals surface area contributed by atoms with E-state index >= 15 is 0 Å². The molecule has 0 spiro atoms. The Morgan fingerprint density at radius 2 is 1.89 bits per heavy atom. The summed E-state index contributed by atoms with van der Waals surface area (Å²) in [5.74, 6) is -0.0771. The summed E-state index contributed by atoms with van der Waals surface area (Å²) < 4.78 is 1.05. The first-order chi connectivity index (χ1) is 9.19. The van der Waals surface area contributed by atoms with Gasteiger partial charge in [0.2, 0.25) is 0 Å². The minimum absolute atomic E-state index is 0.0771. The first kappa shape index (κ1) is 14.5. The lowest BCUT2D eigenvalue weighted by atomic mass is 10.1. The fraction of sp³-hybridized carbons (Fsp3) is 0.133. The molecular weight excluding hydrogens is 417 g/mol. The van der Waals surface area contributed by atoms with Crippen LogP contribution >= 0.6 is 38.5 Å². The van der Waals surface area contributed by atoms with Crippen molar-refractivity contribution in [3.05, 3.63) is 63.2 Å². The van der Waals surface area contributed by atoms with Crippen LogP contribution in [0.3, 0.4) is 0 Å². The van der Waals surface area contributed by atoms with Gasteiger partial charge in [0.1, 0.15) is 0 Å². The first-order valence-electron chi connectivity index (χ1n) is 5.91. The van der Waals surface area contributed by atoms with Gasteiger partial charge in [-0.2, -0.15) is 0 Å². The van der Waals surface area contributed by atoms with Gasteiger partial charge in [0.15, 0.2) is 0 Å². The largest absolute Gasteiger partial charge is 0.322 e. The summed E-state index contributed by atoms with van der Waals surface area (Å²) in [6.45, 7) is 0. The Labute approximate surface area is 134 Å². The number of hydrogen-bond acceptors (Lipinski definition) is 1. The average molecular weight is 430 g/mol. The number of nitrogens with one attached hydrogen (secondary N) is 1. The fourth-order valence-electron chi connectivity index (χ4n) is 1.70. The number of alkyl halides is 1. The van der Waals surface area contributed by atoms with Gasteiger partial charge in [-0.05, 0) is 64.9 Å². The zero-order valence-corrected chi connectivity index (χ0v) is 13.9. The summed E-state index contributed by atoms with van der Waals surface area (Å²) in [5.41, 5.74) is 2.75. The molecule has 0 fully saturated rings. The highest BCUT2D eigenvalue weighted by Gasteiger charge is 2.06. The highest BCUT2D eigenvalue weighted by molar-refractivity contribution is 14.1. The molecule has 1 amide bonds. The third kappa shape index (κ3) is 4.31. The van der Waals surface area contributed by atoms with Gasteiger partial charge in [-0.1, -0.05) is 34.1 Å². The van der Waals surface area contributed by atoms with Crippen LogP contribution in [0, 0.1) is 3.57 Å². The molecule has 0 saturated carbocycles. The topological polar surface area (TPSA) is 29.1 Å². The van der Waals surface area contributed by atoms with E-state index in [9.17, 15) is 4.79 Å². The van der Waals surface area contributed by atoms with Crippen LogP contribution in [0.2, 0.25) is 0 Å². The Hall–Kier alpha value is -0.880. The van der Waals surface area contributed by atoms with Gasteiger partial charge in [0, 0.05) is 20.2 Å². The van der Waals surface area contributed by atoms with E-state index in [-0.39, 0.29) is 5.91 Å². The number of carbonyl (C=O) groups excluding carboxylic acids is 1. The maximum absolute atomic E-state index is 12.1. The number of rotatable bonds is 4. The zero-order chi connectivity index (χ0) is 13.7. The van der Waals surface area contributed by atoms with Crippen molar-refractivity contribution in [2.24, 2.45) is 0 Å². The van der Waals surface area contributed by atoms with Crippen molar-refractivity contribution in [2.75, 3.05) is 10.6 Å². The van der Waals surface area contributed by atoms with E-state index in [4.69, 9.17) is 0 Å².